The minimum Gasteiger partial charge on any atom is -0.353 e. The average molecular weight is 212 g/mol. The Bertz CT molecular complexity index is 214. The molecular formula is C12H24N2O. The molecule has 1 rings (SSSR count). The fourth-order valence-corrected chi connectivity index (χ4v) is 2.29. The molecule has 0 heterocycles. The van der Waals surface area contributed by atoms with E-state index >= 15 is 0 Å². The summed E-state index contributed by atoms with van der Waals surface area (Å²) in [5.74, 6) is 0.761. The molecule has 1 amide bonds. The largest absolute Gasteiger partial charge is 0.353 e. The lowest BCUT2D eigenvalue weighted by Crippen LogP contribution is -2.43. The Morgan fingerprint density at radius 3 is 2.47 bits per heavy atom. The lowest BCUT2D eigenvalue weighted by Gasteiger charge is -2.23. The normalized spacial score (nSPS) is 20.3. The van der Waals surface area contributed by atoms with E-state index in [1.807, 2.05) is 13.8 Å². The first-order chi connectivity index (χ1) is 6.88. The van der Waals surface area contributed by atoms with Gasteiger partial charge in [0.25, 0.3) is 0 Å². The molecule has 1 aliphatic rings. The molecule has 1 fully saturated rings. The van der Waals surface area contributed by atoms with Crippen LogP contribution in [0.3, 0.4) is 0 Å². The van der Waals surface area contributed by atoms with Crippen LogP contribution >= 0.6 is 0 Å². The van der Waals surface area contributed by atoms with Crippen LogP contribution in [0.4, 0.5) is 0 Å². The van der Waals surface area contributed by atoms with Crippen molar-refractivity contribution in [3.05, 3.63) is 0 Å². The van der Waals surface area contributed by atoms with E-state index in [0.717, 1.165) is 0 Å². The zero-order valence-corrected chi connectivity index (χ0v) is 10.2. The van der Waals surface area contributed by atoms with E-state index in [9.17, 15) is 4.79 Å². The van der Waals surface area contributed by atoms with Gasteiger partial charge in [0.05, 0.1) is 0 Å². The van der Waals surface area contributed by atoms with Gasteiger partial charge in [0.2, 0.25) is 5.91 Å². The number of hydrogen-bond acceptors (Lipinski definition) is 2. The molecule has 0 aromatic carbocycles. The van der Waals surface area contributed by atoms with Gasteiger partial charge >= 0.3 is 0 Å². The van der Waals surface area contributed by atoms with E-state index in [4.69, 9.17) is 5.73 Å². The fourth-order valence-electron chi connectivity index (χ4n) is 2.29. The van der Waals surface area contributed by atoms with Gasteiger partial charge in [-0.3, -0.25) is 4.79 Å². The third kappa shape index (κ3) is 4.65. The van der Waals surface area contributed by atoms with Crippen LogP contribution in [-0.4, -0.2) is 17.5 Å². The van der Waals surface area contributed by atoms with Crippen molar-refractivity contribution in [2.45, 2.75) is 64.5 Å². The molecule has 0 radical (unpaired) electrons. The molecule has 1 saturated carbocycles. The summed E-state index contributed by atoms with van der Waals surface area (Å²) in [5.41, 5.74) is 5.40. The minimum atomic E-state index is -0.403. The first-order valence-corrected chi connectivity index (χ1v) is 5.97. The SMILES string of the molecule is CC(NC(=O)CC(C)(C)N)C1CCCC1. The summed E-state index contributed by atoms with van der Waals surface area (Å²) >= 11 is 0. The van der Waals surface area contributed by atoms with Gasteiger partial charge < -0.3 is 11.1 Å². The van der Waals surface area contributed by atoms with E-state index in [1.54, 1.807) is 0 Å². The molecule has 3 N–H and O–H groups in total. The molecule has 0 aromatic rings. The van der Waals surface area contributed by atoms with Crippen LogP contribution in [0, 0.1) is 5.92 Å². The van der Waals surface area contributed by atoms with Crippen molar-refractivity contribution in [3.8, 4) is 0 Å². The van der Waals surface area contributed by atoms with Gasteiger partial charge in [0, 0.05) is 18.0 Å². The van der Waals surface area contributed by atoms with Gasteiger partial charge in [-0.05, 0) is 39.5 Å². The maximum atomic E-state index is 11.6. The van der Waals surface area contributed by atoms with Crippen molar-refractivity contribution in [2.24, 2.45) is 11.7 Å². The highest BCUT2D eigenvalue weighted by molar-refractivity contribution is 5.77. The molecule has 0 aliphatic heterocycles. The van der Waals surface area contributed by atoms with Crippen LogP contribution in [0.2, 0.25) is 0 Å². The molecule has 1 unspecified atom stereocenters. The molecule has 88 valence electrons. The Morgan fingerprint density at radius 2 is 2.00 bits per heavy atom. The minimum absolute atomic E-state index is 0.0851. The molecular weight excluding hydrogens is 188 g/mol. The topological polar surface area (TPSA) is 55.1 Å². The summed E-state index contributed by atoms with van der Waals surface area (Å²) in [4.78, 5) is 11.6. The second kappa shape index (κ2) is 4.97. The summed E-state index contributed by atoms with van der Waals surface area (Å²) < 4.78 is 0. The monoisotopic (exact) mass is 212 g/mol. The van der Waals surface area contributed by atoms with Gasteiger partial charge in [-0.2, -0.15) is 0 Å². The molecule has 0 aromatic heterocycles. The number of nitrogens with one attached hydrogen (secondary N) is 1. The molecule has 3 nitrogen and oxygen atoms in total. The van der Waals surface area contributed by atoms with Crippen LogP contribution in [0.1, 0.15) is 52.9 Å². The zero-order chi connectivity index (χ0) is 11.5. The lowest BCUT2D eigenvalue weighted by atomic mass is 9.98. The van der Waals surface area contributed by atoms with Gasteiger partial charge in [-0.15, -0.1) is 0 Å². The van der Waals surface area contributed by atoms with Crippen LogP contribution < -0.4 is 11.1 Å². The van der Waals surface area contributed by atoms with Crippen LogP contribution in [0.15, 0.2) is 0 Å². The smallest absolute Gasteiger partial charge is 0.222 e. The highest BCUT2D eigenvalue weighted by Gasteiger charge is 2.24. The number of hydrogen-bond donors (Lipinski definition) is 2. The standard InChI is InChI=1S/C12H24N2O/c1-9(10-6-4-5-7-10)14-11(15)8-12(2,3)13/h9-10H,4-8,13H2,1-3H3,(H,14,15). The molecule has 1 atom stereocenters. The Labute approximate surface area is 92.8 Å². The number of carbonyl (C=O) groups is 1. The van der Waals surface area contributed by atoms with Crippen LogP contribution in [0.25, 0.3) is 0 Å². The van der Waals surface area contributed by atoms with Crippen molar-refractivity contribution in [1.82, 2.24) is 5.32 Å². The van der Waals surface area contributed by atoms with Gasteiger partial charge in [0.1, 0.15) is 0 Å². The second-order valence-corrected chi connectivity index (χ2v) is 5.57. The van der Waals surface area contributed by atoms with E-state index in [0.29, 0.717) is 18.4 Å². The maximum absolute atomic E-state index is 11.6. The Hall–Kier alpha value is -0.570. The third-order valence-corrected chi connectivity index (χ3v) is 3.11. The van der Waals surface area contributed by atoms with Crippen molar-refractivity contribution >= 4 is 5.91 Å². The summed E-state index contributed by atoms with van der Waals surface area (Å²) in [6, 6.07) is 0.308. The van der Waals surface area contributed by atoms with Crippen molar-refractivity contribution in [2.75, 3.05) is 0 Å². The van der Waals surface area contributed by atoms with Crippen LogP contribution in [-0.2, 0) is 4.79 Å². The fraction of sp³-hybridized carbons (Fsp3) is 0.917. The molecule has 15 heavy (non-hydrogen) atoms. The second-order valence-electron chi connectivity index (χ2n) is 5.57. The number of amides is 1. The summed E-state index contributed by atoms with van der Waals surface area (Å²) in [6.45, 7) is 5.87. The molecule has 0 spiro atoms. The maximum Gasteiger partial charge on any atom is 0.222 e. The summed E-state index contributed by atoms with van der Waals surface area (Å²) in [7, 11) is 0. The molecule has 3 heteroatoms. The highest BCUT2D eigenvalue weighted by Crippen LogP contribution is 2.27. The summed E-state index contributed by atoms with van der Waals surface area (Å²) in [6.07, 6.45) is 5.55. The zero-order valence-electron chi connectivity index (χ0n) is 10.2. The molecule has 1 aliphatic carbocycles. The predicted octanol–water partition coefficient (Wildman–Crippen LogP) is 1.81. The Morgan fingerprint density at radius 1 is 1.47 bits per heavy atom. The van der Waals surface area contributed by atoms with E-state index in [1.165, 1.54) is 25.7 Å². The number of nitrogens with two attached hydrogens (primary N) is 1. The Balaban J connectivity index is 2.30. The average Bonchev–Trinajstić information content (AvgIpc) is 2.50. The van der Waals surface area contributed by atoms with Crippen molar-refractivity contribution in [3.63, 3.8) is 0 Å². The first kappa shape index (κ1) is 12.5. The van der Waals surface area contributed by atoms with E-state index in [-0.39, 0.29) is 5.91 Å². The van der Waals surface area contributed by atoms with Crippen LogP contribution in [0.5, 0.6) is 0 Å². The first-order valence-electron chi connectivity index (χ1n) is 5.97. The molecule has 0 saturated heterocycles. The van der Waals surface area contributed by atoms with Gasteiger partial charge in [-0.25, -0.2) is 0 Å². The van der Waals surface area contributed by atoms with E-state index in [2.05, 4.69) is 12.2 Å². The number of rotatable bonds is 4. The lowest BCUT2D eigenvalue weighted by molar-refractivity contribution is -0.122. The van der Waals surface area contributed by atoms with Crippen molar-refractivity contribution in [1.29, 1.82) is 0 Å². The Kier molecular flexibility index (Phi) is 4.14. The third-order valence-electron chi connectivity index (χ3n) is 3.11. The number of carbonyl (C=O) groups excluding carboxylic acids is 1. The quantitative estimate of drug-likeness (QED) is 0.746. The van der Waals surface area contributed by atoms with Gasteiger partial charge in [0.15, 0.2) is 0 Å². The molecule has 0 bridgehead atoms. The van der Waals surface area contributed by atoms with Crippen molar-refractivity contribution < 1.29 is 4.79 Å². The predicted molar refractivity (Wildman–Crippen MR) is 62.4 cm³/mol. The van der Waals surface area contributed by atoms with E-state index < -0.39 is 5.54 Å². The highest BCUT2D eigenvalue weighted by atomic mass is 16.1. The van der Waals surface area contributed by atoms with Gasteiger partial charge in [-0.1, -0.05) is 12.8 Å². The summed E-state index contributed by atoms with van der Waals surface area (Å²) in [5, 5.41) is 3.06.